The summed E-state index contributed by atoms with van der Waals surface area (Å²) < 4.78 is 5.60. The molecular weight excluding hydrogens is 254 g/mol. The van der Waals surface area contributed by atoms with Crippen molar-refractivity contribution < 1.29 is 9.84 Å². The SMILES string of the molecule is CCNCc1cccnc1N1CCC(OCCO)CC1. The second-order valence-corrected chi connectivity index (χ2v) is 5.05. The number of ether oxygens (including phenoxy) is 1. The molecule has 2 heterocycles. The van der Waals surface area contributed by atoms with Gasteiger partial charge in [-0.05, 0) is 25.5 Å². The Kier molecular flexibility index (Phi) is 6.24. The molecule has 5 heteroatoms. The average molecular weight is 279 g/mol. The fourth-order valence-electron chi connectivity index (χ4n) is 2.57. The molecule has 0 amide bonds. The Morgan fingerprint density at radius 1 is 1.45 bits per heavy atom. The van der Waals surface area contributed by atoms with Crippen molar-refractivity contribution in [2.45, 2.75) is 32.4 Å². The molecule has 1 aromatic heterocycles. The Balaban J connectivity index is 1.92. The van der Waals surface area contributed by atoms with E-state index in [0.717, 1.165) is 44.8 Å². The third kappa shape index (κ3) is 4.16. The van der Waals surface area contributed by atoms with Crippen LogP contribution in [0.1, 0.15) is 25.3 Å². The van der Waals surface area contributed by atoms with Crippen molar-refractivity contribution >= 4 is 5.82 Å². The fraction of sp³-hybridized carbons (Fsp3) is 0.667. The Morgan fingerprint density at radius 3 is 2.95 bits per heavy atom. The van der Waals surface area contributed by atoms with Crippen molar-refractivity contribution in [3.63, 3.8) is 0 Å². The summed E-state index contributed by atoms with van der Waals surface area (Å²) in [5, 5.41) is 12.2. The summed E-state index contributed by atoms with van der Waals surface area (Å²) in [5.41, 5.74) is 1.25. The van der Waals surface area contributed by atoms with Crippen LogP contribution in [0.25, 0.3) is 0 Å². The van der Waals surface area contributed by atoms with Crippen LogP contribution >= 0.6 is 0 Å². The maximum absolute atomic E-state index is 8.79. The highest BCUT2D eigenvalue weighted by molar-refractivity contribution is 5.47. The number of nitrogens with one attached hydrogen (secondary N) is 1. The van der Waals surface area contributed by atoms with Crippen LogP contribution in [0.3, 0.4) is 0 Å². The summed E-state index contributed by atoms with van der Waals surface area (Å²) in [4.78, 5) is 6.89. The predicted octanol–water partition coefficient (Wildman–Crippen LogP) is 1.17. The van der Waals surface area contributed by atoms with Crippen molar-refractivity contribution in [2.75, 3.05) is 37.7 Å². The molecule has 1 saturated heterocycles. The van der Waals surface area contributed by atoms with E-state index in [2.05, 4.69) is 28.2 Å². The van der Waals surface area contributed by atoms with Gasteiger partial charge in [0.1, 0.15) is 5.82 Å². The maximum atomic E-state index is 8.79. The van der Waals surface area contributed by atoms with Crippen LogP contribution in [0.4, 0.5) is 5.82 Å². The van der Waals surface area contributed by atoms with Crippen molar-refractivity contribution in [3.8, 4) is 0 Å². The summed E-state index contributed by atoms with van der Waals surface area (Å²) in [6, 6.07) is 4.13. The number of hydrogen-bond acceptors (Lipinski definition) is 5. The number of pyridine rings is 1. The number of aliphatic hydroxyl groups is 1. The van der Waals surface area contributed by atoms with Crippen LogP contribution in [-0.4, -0.2) is 49.0 Å². The van der Waals surface area contributed by atoms with Gasteiger partial charge in [0.15, 0.2) is 0 Å². The molecule has 0 unspecified atom stereocenters. The van der Waals surface area contributed by atoms with E-state index in [1.54, 1.807) is 0 Å². The summed E-state index contributed by atoms with van der Waals surface area (Å²) in [7, 11) is 0. The van der Waals surface area contributed by atoms with Gasteiger partial charge >= 0.3 is 0 Å². The van der Waals surface area contributed by atoms with Gasteiger partial charge in [-0.2, -0.15) is 0 Å². The first-order valence-corrected chi connectivity index (χ1v) is 7.47. The molecule has 0 aromatic carbocycles. The number of nitrogens with zero attached hydrogens (tertiary/aromatic N) is 2. The minimum absolute atomic E-state index is 0.104. The molecular formula is C15H25N3O2. The first-order chi connectivity index (χ1) is 9.85. The van der Waals surface area contributed by atoms with Crippen LogP contribution in [0.5, 0.6) is 0 Å². The van der Waals surface area contributed by atoms with Crippen LogP contribution < -0.4 is 10.2 Å². The molecule has 1 aliphatic rings. The fourth-order valence-corrected chi connectivity index (χ4v) is 2.57. The topological polar surface area (TPSA) is 57.6 Å². The van der Waals surface area contributed by atoms with Crippen LogP contribution in [0.2, 0.25) is 0 Å². The number of aromatic nitrogens is 1. The highest BCUT2D eigenvalue weighted by atomic mass is 16.5. The Bertz CT molecular complexity index is 392. The molecule has 112 valence electrons. The van der Waals surface area contributed by atoms with Gasteiger partial charge in [-0.3, -0.25) is 0 Å². The quantitative estimate of drug-likeness (QED) is 0.784. The smallest absolute Gasteiger partial charge is 0.133 e. The van der Waals surface area contributed by atoms with Gasteiger partial charge in [0.2, 0.25) is 0 Å². The Hall–Kier alpha value is -1.17. The van der Waals surface area contributed by atoms with E-state index >= 15 is 0 Å². The molecule has 20 heavy (non-hydrogen) atoms. The highest BCUT2D eigenvalue weighted by Crippen LogP contribution is 2.22. The zero-order chi connectivity index (χ0) is 14.2. The molecule has 2 rings (SSSR count). The molecule has 2 N–H and O–H groups in total. The zero-order valence-electron chi connectivity index (χ0n) is 12.2. The van der Waals surface area contributed by atoms with Gasteiger partial charge in [0.25, 0.3) is 0 Å². The third-order valence-electron chi connectivity index (χ3n) is 3.62. The van der Waals surface area contributed by atoms with Crippen LogP contribution in [-0.2, 0) is 11.3 Å². The number of piperidine rings is 1. The lowest BCUT2D eigenvalue weighted by molar-refractivity contribution is 0.0158. The average Bonchev–Trinajstić information content (AvgIpc) is 2.52. The molecule has 1 aliphatic heterocycles. The van der Waals surface area contributed by atoms with Crippen LogP contribution in [0, 0.1) is 0 Å². The molecule has 0 spiro atoms. The van der Waals surface area contributed by atoms with E-state index in [1.807, 2.05) is 12.3 Å². The van der Waals surface area contributed by atoms with E-state index < -0.39 is 0 Å². The van der Waals surface area contributed by atoms with Crippen molar-refractivity contribution in [2.24, 2.45) is 0 Å². The van der Waals surface area contributed by atoms with E-state index in [9.17, 15) is 0 Å². The van der Waals surface area contributed by atoms with Gasteiger partial charge in [0, 0.05) is 31.4 Å². The molecule has 0 bridgehead atoms. The summed E-state index contributed by atoms with van der Waals surface area (Å²) in [6.45, 7) is 6.41. The molecule has 0 radical (unpaired) electrons. The first kappa shape index (κ1) is 15.2. The number of hydrogen-bond donors (Lipinski definition) is 2. The van der Waals surface area contributed by atoms with E-state index in [4.69, 9.17) is 9.84 Å². The Labute approximate surface area is 121 Å². The predicted molar refractivity (Wildman–Crippen MR) is 79.9 cm³/mol. The molecule has 0 atom stereocenters. The normalized spacial score (nSPS) is 16.6. The van der Waals surface area contributed by atoms with E-state index in [1.165, 1.54) is 5.56 Å². The van der Waals surface area contributed by atoms with Gasteiger partial charge in [-0.25, -0.2) is 4.98 Å². The second-order valence-electron chi connectivity index (χ2n) is 5.05. The molecule has 1 fully saturated rings. The second kappa shape index (κ2) is 8.19. The third-order valence-corrected chi connectivity index (χ3v) is 3.62. The van der Waals surface area contributed by atoms with E-state index in [-0.39, 0.29) is 12.7 Å². The summed E-state index contributed by atoms with van der Waals surface area (Å²) in [5.74, 6) is 1.09. The van der Waals surface area contributed by atoms with E-state index in [0.29, 0.717) is 6.61 Å². The standard InChI is InChI=1S/C15H25N3O2/c1-2-16-12-13-4-3-7-17-15(13)18-8-5-14(6-9-18)20-11-10-19/h3-4,7,14,16,19H,2,5-6,8-12H2,1H3. The number of anilines is 1. The van der Waals surface area contributed by atoms with Crippen molar-refractivity contribution in [1.29, 1.82) is 0 Å². The summed E-state index contributed by atoms with van der Waals surface area (Å²) >= 11 is 0. The van der Waals surface area contributed by atoms with Gasteiger partial charge in [0.05, 0.1) is 19.3 Å². The molecule has 5 nitrogen and oxygen atoms in total. The summed E-state index contributed by atoms with van der Waals surface area (Å²) in [6.07, 6.45) is 4.13. The van der Waals surface area contributed by atoms with Gasteiger partial charge in [-0.15, -0.1) is 0 Å². The minimum atomic E-state index is 0.104. The lowest BCUT2D eigenvalue weighted by atomic mass is 10.1. The highest BCUT2D eigenvalue weighted by Gasteiger charge is 2.21. The largest absolute Gasteiger partial charge is 0.394 e. The lowest BCUT2D eigenvalue weighted by Crippen LogP contribution is -2.38. The number of rotatable bonds is 7. The molecule has 1 aromatic rings. The monoisotopic (exact) mass is 279 g/mol. The first-order valence-electron chi connectivity index (χ1n) is 7.47. The zero-order valence-corrected chi connectivity index (χ0v) is 12.2. The molecule has 0 saturated carbocycles. The minimum Gasteiger partial charge on any atom is -0.394 e. The molecule has 0 aliphatic carbocycles. The lowest BCUT2D eigenvalue weighted by Gasteiger charge is -2.33. The van der Waals surface area contributed by atoms with Gasteiger partial charge < -0.3 is 20.1 Å². The maximum Gasteiger partial charge on any atom is 0.133 e. The van der Waals surface area contributed by atoms with Gasteiger partial charge in [-0.1, -0.05) is 13.0 Å². The number of aliphatic hydroxyl groups excluding tert-OH is 1. The Morgan fingerprint density at radius 2 is 2.25 bits per heavy atom. The van der Waals surface area contributed by atoms with Crippen LogP contribution in [0.15, 0.2) is 18.3 Å². The van der Waals surface area contributed by atoms with Crippen molar-refractivity contribution in [3.05, 3.63) is 23.9 Å². The van der Waals surface area contributed by atoms with Crippen molar-refractivity contribution in [1.82, 2.24) is 10.3 Å².